The Morgan fingerprint density at radius 2 is 1.73 bits per heavy atom. The summed E-state index contributed by atoms with van der Waals surface area (Å²) in [7, 11) is 0. The standard InChI is InChI=1S/C8H9Cl2N5/c9-5-2-1-4(3-6(5)10)14-8(13)15-7(11)12/h1-3H,(H6,11,12,13,14,15). The van der Waals surface area contributed by atoms with E-state index in [1.165, 1.54) is 0 Å². The van der Waals surface area contributed by atoms with Gasteiger partial charge in [0.15, 0.2) is 5.96 Å². The largest absolute Gasteiger partial charge is 0.370 e. The van der Waals surface area contributed by atoms with Crippen molar-refractivity contribution in [1.29, 1.82) is 0 Å². The van der Waals surface area contributed by atoms with E-state index in [1.807, 2.05) is 0 Å². The molecule has 0 bridgehead atoms. The van der Waals surface area contributed by atoms with E-state index in [1.54, 1.807) is 18.2 Å². The Morgan fingerprint density at radius 1 is 1.07 bits per heavy atom. The molecule has 0 aromatic heterocycles. The molecule has 6 N–H and O–H groups in total. The molecule has 0 heterocycles. The summed E-state index contributed by atoms with van der Waals surface area (Å²) >= 11 is 11.5. The quantitative estimate of drug-likeness (QED) is 0.512. The van der Waals surface area contributed by atoms with Crippen molar-refractivity contribution in [3.63, 3.8) is 0 Å². The Bertz CT molecular complexity index is 423. The first-order chi connectivity index (χ1) is 6.99. The molecule has 15 heavy (non-hydrogen) atoms. The van der Waals surface area contributed by atoms with Crippen molar-refractivity contribution >= 4 is 40.8 Å². The molecule has 0 unspecified atom stereocenters. The molecule has 5 nitrogen and oxygen atoms in total. The van der Waals surface area contributed by atoms with Gasteiger partial charge in [-0.2, -0.15) is 4.99 Å². The van der Waals surface area contributed by atoms with E-state index >= 15 is 0 Å². The lowest BCUT2D eigenvalue weighted by Crippen LogP contribution is -2.26. The Hall–Kier alpha value is -1.46. The maximum atomic E-state index is 5.78. The molecule has 0 saturated carbocycles. The first kappa shape index (κ1) is 11.6. The molecule has 0 atom stereocenters. The van der Waals surface area contributed by atoms with Crippen LogP contribution in [0.1, 0.15) is 0 Å². The first-order valence-corrected chi connectivity index (χ1v) is 4.63. The number of guanidine groups is 2. The summed E-state index contributed by atoms with van der Waals surface area (Å²) in [4.78, 5) is 7.45. The zero-order valence-electron chi connectivity index (χ0n) is 7.61. The van der Waals surface area contributed by atoms with E-state index in [9.17, 15) is 0 Å². The Kier molecular flexibility index (Phi) is 3.76. The summed E-state index contributed by atoms with van der Waals surface area (Å²) in [6.07, 6.45) is 0. The smallest absolute Gasteiger partial charge is 0.223 e. The summed E-state index contributed by atoms with van der Waals surface area (Å²) < 4.78 is 0. The van der Waals surface area contributed by atoms with Crippen LogP contribution in [0.5, 0.6) is 0 Å². The monoisotopic (exact) mass is 245 g/mol. The van der Waals surface area contributed by atoms with Crippen LogP contribution in [0.3, 0.4) is 0 Å². The van der Waals surface area contributed by atoms with Crippen molar-refractivity contribution in [1.82, 2.24) is 0 Å². The van der Waals surface area contributed by atoms with Gasteiger partial charge >= 0.3 is 0 Å². The highest BCUT2D eigenvalue weighted by Crippen LogP contribution is 2.26. The van der Waals surface area contributed by atoms with Gasteiger partial charge in [-0.3, -0.25) is 0 Å². The summed E-state index contributed by atoms with van der Waals surface area (Å²) in [5, 5.41) is 0.825. The van der Waals surface area contributed by atoms with Gasteiger partial charge in [-0.05, 0) is 18.2 Å². The van der Waals surface area contributed by atoms with E-state index in [2.05, 4.69) is 9.98 Å². The second kappa shape index (κ2) is 4.86. The molecule has 80 valence electrons. The van der Waals surface area contributed by atoms with Gasteiger partial charge in [0.2, 0.25) is 5.96 Å². The molecular formula is C8H9Cl2N5. The predicted octanol–water partition coefficient (Wildman–Crippen LogP) is 1.21. The fraction of sp³-hybridized carbons (Fsp3) is 0. The van der Waals surface area contributed by atoms with Crippen LogP contribution in [0.15, 0.2) is 28.2 Å². The van der Waals surface area contributed by atoms with Crippen LogP contribution in [0, 0.1) is 0 Å². The zero-order chi connectivity index (χ0) is 11.4. The maximum absolute atomic E-state index is 5.78. The van der Waals surface area contributed by atoms with Gasteiger partial charge in [0.05, 0.1) is 15.7 Å². The molecule has 0 spiro atoms. The van der Waals surface area contributed by atoms with Gasteiger partial charge in [0.25, 0.3) is 0 Å². The fourth-order valence-corrected chi connectivity index (χ4v) is 1.14. The molecule has 0 saturated heterocycles. The average Bonchev–Trinajstić information content (AvgIpc) is 2.10. The molecule has 0 aliphatic rings. The van der Waals surface area contributed by atoms with Crippen LogP contribution in [0.2, 0.25) is 10.0 Å². The SMILES string of the molecule is NC(N)=NC(N)=Nc1ccc(Cl)c(Cl)c1. The van der Waals surface area contributed by atoms with E-state index in [4.69, 9.17) is 40.4 Å². The molecular weight excluding hydrogens is 237 g/mol. The third-order valence-electron chi connectivity index (χ3n) is 1.39. The summed E-state index contributed by atoms with van der Waals surface area (Å²) in [6.45, 7) is 0. The van der Waals surface area contributed by atoms with Crippen LogP contribution < -0.4 is 17.2 Å². The molecule has 0 aliphatic heterocycles. The molecule has 0 radical (unpaired) electrons. The molecule has 1 rings (SSSR count). The lowest BCUT2D eigenvalue weighted by atomic mass is 10.3. The van der Waals surface area contributed by atoms with Crippen LogP contribution in [-0.2, 0) is 0 Å². The van der Waals surface area contributed by atoms with Crippen molar-refractivity contribution in [3.8, 4) is 0 Å². The minimum Gasteiger partial charge on any atom is -0.370 e. The van der Waals surface area contributed by atoms with Crippen LogP contribution in [-0.4, -0.2) is 11.9 Å². The highest BCUT2D eigenvalue weighted by Gasteiger charge is 1.98. The molecule has 1 aromatic carbocycles. The van der Waals surface area contributed by atoms with Crippen molar-refractivity contribution in [3.05, 3.63) is 28.2 Å². The van der Waals surface area contributed by atoms with Gasteiger partial charge in [0, 0.05) is 0 Å². The van der Waals surface area contributed by atoms with Crippen LogP contribution in [0.25, 0.3) is 0 Å². The molecule has 7 heteroatoms. The van der Waals surface area contributed by atoms with Gasteiger partial charge in [0.1, 0.15) is 0 Å². The fourth-order valence-electron chi connectivity index (χ4n) is 0.844. The van der Waals surface area contributed by atoms with Gasteiger partial charge < -0.3 is 17.2 Å². The van der Waals surface area contributed by atoms with E-state index in [0.29, 0.717) is 15.7 Å². The van der Waals surface area contributed by atoms with E-state index in [-0.39, 0.29) is 11.9 Å². The van der Waals surface area contributed by atoms with Crippen molar-refractivity contribution < 1.29 is 0 Å². The maximum Gasteiger partial charge on any atom is 0.223 e. The number of aliphatic imine (C=N–C) groups is 2. The Labute approximate surface area is 96.6 Å². The first-order valence-electron chi connectivity index (χ1n) is 3.88. The van der Waals surface area contributed by atoms with Crippen LogP contribution in [0.4, 0.5) is 5.69 Å². The lowest BCUT2D eigenvalue weighted by Gasteiger charge is -1.98. The number of hydrogen-bond donors (Lipinski definition) is 3. The van der Waals surface area contributed by atoms with Crippen LogP contribution >= 0.6 is 23.2 Å². The van der Waals surface area contributed by atoms with E-state index in [0.717, 1.165) is 0 Å². The second-order valence-corrected chi connectivity index (χ2v) is 3.42. The minimum absolute atomic E-state index is 0.0478. The van der Waals surface area contributed by atoms with Gasteiger partial charge in [-0.25, -0.2) is 4.99 Å². The number of nitrogens with zero attached hydrogens (tertiary/aromatic N) is 2. The lowest BCUT2D eigenvalue weighted by molar-refractivity contribution is 1.38. The Morgan fingerprint density at radius 3 is 2.27 bits per heavy atom. The normalized spacial score (nSPS) is 11.2. The number of nitrogens with two attached hydrogens (primary N) is 3. The topological polar surface area (TPSA) is 103 Å². The third-order valence-corrected chi connectivity index (χ3v) is 2.13. The Balaban J connectivity index is 2.99. The second-order valence-electron chi connectivity index (χ2n) is 2.61. The molecule has 1 aromatic rings. The predicted molar refractivity (Wildman–Crippen MR) is 63.6 cm³/mol. The van der Waals surface area contributed by atoms with Crippen molar-refractivity contribution in [2.24, 2.45) is 27.2 Å². The third kappa shape index (κ3) is 3.65. The molecule has 0 aliphatic carbocycles. The van der Waals surface area contributed by atoms with Crippen molar-refractivity contribution in [2.75, 3.05) is 0 Å². The highest BCUT2D eigenvalue weighted by atomic mass is 35.5. The molecule has 0 fully saturated rings. The number of halogens is 2. The zero-order valence-corrected chi connectivity index (χ0v) is 9.13. The van der Waals surface area contributed by atoms with Crippen molar-refractivity contribution in [2.45, 2.75) is 0 Å². The summed E-state index contributed by atoms with van der Waals surface area (Å²) in [5.41, 5.74) is 16.2. The van der Waals surface area contributed by atoms with Gasteiger partial charge in [-0.15, -0.1) is 0 Å². The van der Waals surface area contributed by atoms with E-state index < -0.39 is 0 Å². The number of benzene rings is 1. The highest BCUT2D eigenvalue weighted by molar-refractivity contribution is 6.42. The number of rotatable bonds is 1. The average molecular weight is 246 g/mol. The van der Waals surface area contributed by atoms with Gasteiger partial charge in [-0.1, -0.05) is 23.2 Å². The minimum atomic E-state index is -0.156. The summed E-state index contributed by atoms with van der Waals surface area (Å²) in [5.74, 6) is -0.204. The summed E-state index contributed by atoms with van der Waals surface area (Å²) in [6, 6.07) is 4.80. The number of hydrogen-bond acceptors (Lipinski definition) is 1. The molecule has 0 amide bonds.